The summed E-state index contributed by atoms with van der Waals surface area (Å²) in [7, 11) is -4.73. The number of aliphatic carboxylic acids is 1. The Balaban J connectivity index is 1.55. The molecule has 0 aliphatic carbocycles. The monoisotopic (exact) mass is 628 g/mol. The molecule has 0 bridgehead atoms. The van der Waals surface area contributed by atoms with E-state index in [9.17, 15) is 44.3 Å². The molecular formula is C28H22F6N2O6S. The molecule has 228 valence electrons. The molecule has 0 saturated carbocycles. The molecule has 8 nitrogen and oxygen atoms in total. The number of halogens is 6. The molecule has 1 amide bonds. The summed E-state index contributed by atoms with van der Waals surface area (Å²) >= 11 is 0. The van der Waals surface area contributed by atoms with E-state index in [-0.39, 0.29) is 36.3 Å². The Morgan fingerprint density at radius 3 is 2.37 bits per heavy atom. The highest BCUT2D eigenvalue weighted by molar-refractivity contribution is 7.92. The first-order chi connectivity index (χ1) is 20.1. The normalized spacial score (nSPS) is 17.1. The molecule has 2 aliphatic rings. The van der Waals surface area contributed by atoms with Crippen LogP contribution in [0.3, 0.4) is 0 Å². The van der Waals surface area contributed by atoms with Crippen LogP contribution in [-0.2, 0) is 32.2 Å². The highest BCUT2D eigenvalue weighted by Gasteiger charge is 2.43. The van der Waals surface area contributed by atoms with Crippen LogP contribution in [0.4, 0.5) is 32.0 Å². The van der Waals surface area contributed by atoms with E-state index < -0.39 is 75.1 Å². The zero-order chi connectivity index (χ0) is 31.3. The summed E-state index contributed by atoms with van der Waals surface area (Å²) in [5, 5.41) is 9.11. The van der Waals surface area contributed by atoms with Crippen LogP contribution >= 0.6 is 0 Å². The van der Waals surface area contributed by atoms with Crippen molar-refractivity contribution in [2.24, 2.45) is 5.92 Å². The number of ether oxygens (including phenoxy) is 1. The molecule has 3 aromatic carbocycles. The molecule has 0 radical (unpaired) electrons. The molecule has 2 heterocycles. The Kier molecular flexibility index (Phi) is 7.79. The van der Waals surface area contributed by atoms with Gasteiger partial charge in [0.1, 0.15) is 11.6 Å². The summed E-state index contributed by atoms with van der Waals surface area (Å²) in [5.41, 5.74) is -0.568. The van der Waals surface area contributed by atoms with Gasteiger partial charge in [-0.3, -0.25) is 13.9 Å². The first-order valence-electron chi connectivity index (χ1n) is 12.7. The Morgan fingerprint density at radius 1 is 1.00 bits per heavy atom. The van der Waals surface area contributed by atoms with Crippen LogP contribution in [0.15, 0.2) is 65.6 Å². The predicted molar refractivity (Wildman–Crippen MR) is 139 cm³/mol. The number of likely N-dealkylation sites (tertiary alicyclic amines) is 1. The first-order valence-corrected chi connectivity index (χ1v) is 14.2. The zero-order valence-electron chi connectivity index (χ0n) is 21.9. The SMILES string of the molecule is O=C(O)C1CN(C(=O)CC2Cc3ccc(-c4cc(F)cc(OC(F)F)c4)cc3N2S(=O)(=O)c2cccc(C(F)(F)F)c2)C1. The average molecular weight is 629 g/mol. The van der Waals surface area contributed by atoms with E-state index in [4.69, 9.17) is 5.11 Å². The van der Waals surface area contributed by atoms with Crippen molar-refractivity contribution in [2.75, 3.05) is 17.4 Å². The fourth-order valence-electron chi connectivity index (χ4n) is 5.15. The number of alkyl halides is 5. The summed E-state index contributed by atoms with van der Waals surface area (Å²) < 4.78 is 113. The van der Waals surface area contributed by atoms with E-state index in [1.807, 2.05) is 0 Å². The van der Waals surface area contributed by atoms with E-state index in [0.29, 0.717) is 17.7 Å². The second kappa shape index (κ2) is 11.1. The van der Waals surface area contributed by atoms with Gasteiger partial charge in [0.25, 0.3) is 10.0 Å². The molecule has 1 unspecified atom stereocenters. The number of carbonyl (C=O) groups excluding carboxylic acids is 1. The van der Waals surface area contributed by atoms with Crippen molar-refractivity contribution in [1.29, 1.82) is 0 Å². The molecule has 1 saturated heterocycles. The number of sulfonamides is 1. The third-order valence-electron chi connectivity index (χ3n) is 7.25. The van der Waals surface area contributed by atoms with Crippen molar-refractivity contribution in [1.82, 2.24) is 4.90 Å². The first kappa shape index (κ1) is 30.2. The number of anilines is 1. The van der Waals surface area contributed by atoms with Crippen molar-refractivity contribution in [2.45, 2.75) is 36.6 Å². The van der Waals surface area contributed by atoms with Gasteiger partial charge in [-0.05, 0) is 59.5 Å². The van der Waals surface area contributed by atoms with Crippen molar-refractivity contribution < 1.29 is 54.2 Å². The topological polar surface area (TPSA) is 104 Å². The van der Waals surface area contributed by atoms with Gasteiger partial charge >= 0.3 is 18.8 Å². The lowest BCUT2D eigenvalue weighted by Crippen LogP contribution is -2.54. The molecule has 1 atom stereocenters. The summed E-state index contributed by atoms with van der Waals surface area (Å²) in [5.74, 6) is -3.80. The maximum absolute atomic E-state index is 14.3. The van der Waals surface area contributed by atoms with Crippen LogP contribution in [0.5, 0.6) is 5.75 Å². The smallest absolute Gasteiger partial charge is 0.416 e. The standard InChI is InChI=1S/C28H22F6N2O6S/c29-20-6-17(8-22(11-20)42-27(30)31)15-4-5-16-7-21(12-25(37)35-13-18(14-35)26(38)39)36(24(16)9-15)43(40,41)23-3-1-2-19(10-23)28(32,33)34/h1-6,8-11,18,21,27H,7,12-14H2,(H,38,39). The minimum absolute atomic E-state index is 0.000299. The number of hydrogen-bond acceptors (Lipinski definition) is 5. The predicted octanol–water partition coefficient (Wildman–Crippen LogP) is 5.17. The minimum atomic E-state index is -4.84. The lowest BCUT2D eigenvalue weighted by molar-refractivity contribution is -0.152. The number of amides is 1. The molecule has 0 aromatic heterocycles. The Labute approximate surface area is 241 Å². The quantitative estimate of drug-likeness (QED) is 0.346. The lowest BCUT2D eigenvalue weighted by Gasteiger charge is -2.38. The molecule has 3 aromatic rings. The van der Waals surface area contributed by atoms with Gasteiger partial charge in [-0.15, -0.1) is 0 Å². The number of carboxylic acid groups (broad SMARTS) is 1. The van der Waals surface area contributed by atoms with Gasteiger partial charge in [-0.2, -0.15) is 22.0 Å². The maximum atomic E-state index is 14.3. The van der Waals surface area contributed by atoms with Crippen LogP contribution in [0, 0.1) is 11.7 Å². The van der Waals surface area contributed by atoms with E-state index in [1.165, 1.54) is 23.1 Å². The number of hydrogen-bond donors (Lipinski definition) is 1. The fourth-order valence-corrected chi connectivity index (χ4v) is 6.88. The average Bonchev–Trinajstić information content (AvgIpc) is 3.24. The van der Waals surface area contributed by atoms with Gasteiger partial charge in [0.15, 0.2) is 0 Å². The van der Waals surface area contributed by atoms with Crippen LogP contribution in [-0.4, -0.2) is 56.0 Å². The third kappa shape index (κ3) is 6.12. The van der Waals surface area contributed by atoms with Crippen LogP contribution in [0.1, 0.15) is 17.5 Å². The minimum Gasteiger partial charge on any atom is -0.481 e. The molecule has 15 heteroatoms. The van der Waals surface area contributed by atoms with E-state index >= 15 is 0 Å². The van der Waals surface area contributed by atoms with Crippen LogP contribution in [0.2, 0.25) is 0 Å². The van der Waals surface area contributed by atoms with Gasteiger partial charge in [-0.25, -0.2) is 12.8 Å². The Hall–Kier alpha value is -4.27. The summed E-state index contributed by atoms with van der Waals surface area (Å²) in [4.78, 5) is 24.7. The third-order valence-corrected chi connectivity index (χ3v) is 9.11. The van der Waals surface area contributed by atoms with E-state index in [0.717, 1.165) is 34.6 Å². The zero-order valence-corrected chi connectivity index (χ0v) is 22.7. The molecule has 1 fully saturated rings. The Bertz CT molecular complexity index is 1690. The number of rotatable bonds is 8. The molecule has 5 rings (SSSR count). The fraction of sp³-hybridized carbons (Fsp3) is 0.286. The summed E-state index contributed by atoms with van der Waals surface area (Å²) in [6.07, 6.45) is -5.26. The highest BCUT2D eigenvalue weighted by atomic mass is 32.2. The molecular weight excluding hydrogens is 606 g/mol. The van der Waals surface area contributed by atoms with E-state index in [1.54, 1.807) is 0 Å². The number of carboxylic acids is 1. The van der Waals surface area contributed by atoms with Crippen molar-refractivity contribution >= 4 is 27.6 Å². The van der Waals surface area contributed by atoms with Gasteiger partial charge in [0.05, 0.1) is 28.1 Å². The maximum Gasteiger partial charge on any atom is 0.416 e. The second-order valence-corrected chi connectivity index (χ2v) is 11.9. The molecule has 43 heavy (non-hydrogen) atoms. The van der Waals surface area contributed by atoms with Gasteiger partial charge in [0, 0.05) is 25.6 Å². The van der Waals surface area contributed by atoms with Crippen molar-refractivity contribution in [3.05, 3.63) is 77.6 Å². The number of benzene rings is 3. The second-order valence-electron chi connectivity index (χ2n) is 10.1. The Morgan fingerprint density at radius 2 is 1.72 bits per heavy atom. The highest BCUT2D eigenvalue weighted by Crippen LogP contribution is 2.42. The van der Waals surface area contributed by atoms with Gasteiger partial charge in [-0.1, -0.05) is 18.2 Å². The number of fused-ring (bicyclic) bond motifs is 1. The number of nitrogens with zero attached hydrogens (tertiary/aromatic N) is 2. The molecule has 0 spiro atoms. The van der Waals surface area contributed by atoms with Crippen molar-refractivity contribution in [3.63, 3.8) is 0 Å². The molecule has 1 N–H and O–H groups in total. The van der Waals surface area contributed by atoms with Crippen LogP contribution in [0.25, 0.3) is 11.1 Å². The van der Waals surface area contributed by atoms with Crippen LogP contribution < -0.4 is 9.04 Å². The summed E-state index contributed by atoms with van der Waals surface area (Å²) in [6.45, 7) is -3.37. The van der Waals surface area contributed by atoms with Crippen molar-refractivity contribution in [3.8, 4) is 16.9 Å². The lowest BCUT2D eigenvalue weighted by atomic mass is 9.98. The molecule has 2 aliphatic heterocycles. The summed E-state index contributed by atoms with van der Waals surface area (Å²) in [6, 6.07) is 9.16. The van der Waals surface area contributed by atoms with Gasteiger partial charge in [0.2, 0.25) is 5.91 Å². The largest absolute Gasteiger partial charge is 0.481 e. The van der Waals surface area contributed by atoms with Gasteiger partial charge < -0.3 is 14.7 Å². The van der Waals surface area contributed by atoms with E-state index in [2.05, 4.69) is 4.74 Å². The number of carbonyl (C=O) groups is 2.